The van der Waals surface area contributed by atoms with Crippen LogP contribution in [0.3, 0.4) is 0 Å². The molecule has 0 spiro atoms. The Morgan fingerprint density at radius 2 is 2.24 bits per heavy atom. The van der Waals surface area contributed by atoms with E-state index in [1.54, 1.807) is 0 Å². The van der Waals surface area contributed by atoms with Gasteiger partial charge < -0.3 is 10.1 Å². The molecule has 1 aliphatic rings. The normalized spacial score (nSPS) is 29.4. The SMILES string of the molecule is CCOC(=O)CC1(NC)CCCC(C(C)C)C1. The molecule has 3 heteroatoms. The van der Waals surface area contributed by atoms with Gasteiger partial charge in [-0.2, -0.15) is 0 Å². The lowest BCUT2D eigenvalue weighted by Gasteiger charge is -2.41. The van der Waals surface area contributed by atoms with Crippen LogP contribution in [0.5, 0.6) is 0 Å². The van der Waals surface area contributed by atoms with E-state index < -0.39 is 0 Å². The van der Waals surface area contributed by atoms with Gasteiger partial charge in [0.05, 0.1) is 13.0 Å². The third-order valence-corrected chi connectivity index (χ3v) is 4.14. The molecule has 100 valence electrons. The number of esters is 1. The van der Waals surface area contributed by atoms with Gasteiger partial charge in [0.2, 0.25) is 0 Å². The highest BCUT2D eigenvalue weighted by molar-refractivity contribution is 5.71. The highest BCUT2D eigenvalue weighted by Gasteiger charge is 2.38. The first-order chi connectivity index (χ1) is 8.03. The van der Waals surface area contributed by atoms with E-state index >= 15 is 0 Å². The van der Waals surface area contributed by atoms with Crippen LogP contribution in [0.15, 0.2) is 0 Å². The maximum Gasteiger partial charge on any atom is 0.307 e. The summed E-state index contributed by atoms with van der Waals surface area (Å²) in [6.45, 7) is 6.90. The first kappa shape index (κ1) is 14.5. The minimum atomic E-state index is -0.0637. The van der Waals surface area contributed by atoms with Gasteiger partial charge in [-0.3, -0.25) is 4.79 Å². The Morgan fingerprint density at radius 3 is 2.76 bits per heavy atom. The number of hydrogen-bond donors (Lipinski definition) is 1. The fourth-order valence-electron chi connectivity index (χ4n) is 2.94. The predicted octanol–water partition coefficient (Wildman–Crippen LogP) is 2.74. The Morgan fingerprint density at radius 1 is 1.53 bits per heavy atom. The number of ether oxygens (including phenoxy) is 1. The van der Waals surface area contributed by atoms with Gasteiger partial charge in [-0.15, -0.1) is 0 Å². The van der Waals surface area contributed by atoms with Crippen LogP contribution in [0.2, 0.25) is 0 Å². The maximum atomic E-state index is 11.7. The second-order valence-corrected chi connectivity index (χ2v) is 5.61. The van der Waals surface area contributed by atoms with Gasteiger partial charge in [0, 0.05) is 5.54 Å². The fourth-order valence-corrected chi connectivity index (χ4v) is 2.94. The highest BCUT2D eigenvalue weighted by atomic mass is 16.5. The van der Waals surface area contributed by atoms with Crippen molar-refractivity contribution in [2.75, 3.05) is 13.7 Å². The molecule has 1 fully saturated rings. The van der Waals surface area contributed by atoms with E-state index in [1.165, 1.54) is 12.8 Å². The van der Waals surface area contributed by atoms with Crippen LogP contribution in [0.4, 0.5) is 0 Å². The Balaban J connectivity index is 2.63. The second kappa shape index (κ2) is 6.39. The molecular weight excluding hydrogens is 214 g/mol. The maximum absolute atomic E-state index is 11.7. The molecule has 1 aliphatic carbocycles. The van der Waals surface area contributed by atoms with E-state index in [-0.39, 0.29) is 11.5 Å². The molecule has 0 aromatic rings. The highest BCUT2D eigenvalue weighted by Crippen LogP contribution is 2.38. The largest absolute Gasteiger partial charge is 0.466 e. The van der Waals surface area contributed by atoms with E-state index in [1.807, 2.05) is 14.0 Å². The standard InChI is InChI=1S/C14H27NO2/c1-5-17-13(16)10-14(15-4)8-6-7-12(9-14)11(2)3/h11-12,15H,5-10H2,1-4H3. The summed E-state index contributed by atoms with van der Waals surface area (Å²) >= 11 is 0. The molecule has 0 radical (unpaired) electrons. The molecule has 17 heavy (non-hydrogen) atoms. The van der Waals surface area contributed by atoms with E-state index in [9.17, 15) is 4.79 Å². The lowest BCUT2D eigenvalue weighted by Crippen LogP contribution is -2.49. The zero-order valence-electron chi connectivity index (χ0n) is 11.7. The van der Waals surface area contributed by atoms with E-state index in [0.717, 1.165) is 18.8 Å². The molecule has 0 saturated heterocycles. The van der Waals surface area contributed by atoms with Crippen molar-refractivity contribution in [1.82, 2.24) is 5.32 Å². The minimum absolute atomic E-state index is 0.0283. The quantitative estimate of drug-likeness (QED) is 0.752. The summed E-state index contributed by atoms with van der Waals surface area (Å²) < 4.78 is 5.09. The lowest BCUT2D eigenvalue weighted by atomic mass is 9.70. The number of rotatable bonds is 5. The lowest BCUT2D eigenvalue weighted by molar-refractivity contribution is -0.145. The summed E-state index contributed by atoms with van der Waals surface area (Å²) in [6.07, 6.45) is 5.21. The summed E-state index contributed by atoms with van der Waals surface area (Å²) in [4.78, 5) is 11.7. The van der Waals surface area contributed by atoms with Gasteiger partial charge in [0.15, 0.2) is 0 Å². The number of nitrogens with one attached hydrogen (secondary N) is 1. The third kappa shape index (κ3) is 3.98. The van der Waals surface area contributed by atoms with Gasteiger partial charge in [-0.1, -0.05) is 26.7 Å². The van der Waals surface area contributed by atoms with Gasteiger partial charge in [-0.25, -0.2) is 0 Å². The van der Waals surface area contributed by atoms with Crippen molar-refractivity contribution in [3.63, 3.8) is 0 Å². The zero-order valence-corrected chi connectivity index (χ0v) is 11.7. The van der Waals surface area contributed by atoms with Crippen molar-refractivity contribution in [2.45, 2.75) is 58.4 Å². The molecule has 3 nitrogen and oxygen atoms in total. The van der Waals surface area contributed by atoms with Crippen LogP contribution < -0.4 is 5.32 Å². The Labute approximate surface area is 105 Å². The third-order valence-electron chi connectivity index (χ3n) is 4.14. The second-order valence-electron chi connectivity index (χ2n) is 5.61. The van der Waals surface area contributed by atoms with Crippen molar-refractivity contribution in [2.24, 2.45) is 11.8 Å². The van der Waals surface area contributed by atoms with Crippen LogP contribution >= 0.6 is 0 Å². The molecule has 0 aromatic carbocycles. The minimum Gasteiger partial charge on any atom is -0.466 e. The average molecular weight is 241 g/mol. The van der Waals surface area contributed by atoms with Gasteiger partial charge >= 0.3 is 5.97 Å². The molecule has 0 aliphatic heterocycles. The van der Waals surface area contributed by atoms with Crippen molar-refractivity contribution >= 4 is 5.97 Å². The molecular formula is C14H27NO2. The van der Waals surface area contributed by atoms with Gasteiger partial charge in [0.25, 0.3) is 0 Å². The topological polar surface area (TPSA) is 38.3 Å². The van der Waals surface area contributed by atoms with Crippen LogP contribution in [0, 0.1) is 11.8 Å². The fraction of sp³-hybridized carbons (Fsp3) is 0.929. The van der Waals surface area contributed by atoms with Crippen LogP contribution in [-0.2, 0) is 9.53 Å². The molecule has 2 atom stereocenters. The average Bonchev–Trinajstić information content (AvgIpc) is 2.29. The van der Waals surface area contributed by atoms with Gasteiger partial charge in [0.1, 0.15) is 0 Å². The molecule has 1 saturated carbocycles. The molecule has 2 unspecified atom stereocenters. The summed E-state index contributed by atoms with van der Waals surface area (Å²) in [5, 5.41) is 3.39. The first-order valence-electron chi connectivity index (χ1n) is 6.87. The van der Waals surface area contributed by atoms with Crippen molar-refractivity contribution in [1.29, 1.82) is 0 Å². The zero-order chi connectivity index (χ0) is 12.9. The van der Waals surface area contributed by atoms with Gasteiger partial charge in [-0.05, 0) is 38.6 Å². The molecule has 0 bridgehead atoms. The number of carbonyl (C=O) groups excluding carboxylic acids is 1. The Hall–Kier alpha value is -0.570. The number of hydrogen-bond acceptors (Lipinski definition) is 3. The smallest absolute Gasteiger partial charge is 0.307 e. The van der Waals surface area contributed by atoms with E-state index in [2.05, 4.69) is 19.2 Å². The van der Waals surface area contributed by atoms with Crippen molar-refractivity contribution < 1.29 is 9.53 Å². The van der Waals surface area contributed by atoms with E-state index in [0.29, 0.717) is 18.9 Å². The van der Waals surface area contributed by atoms with Crippen LogP contribution in [0.25, 0.3) is 0 Å². The summed E-state index contributed by atoms with van der Waals surface area (Å²) in [7, 11) is 1.97. The number of carbonyl (C=O) groups is 1. The molecule has 0 heterocycles. The molecule has 1 rings (SSSR count). The van der Waals surface area contributed by atoms with Crippen LogP contribution in [0.1, 0.15) is 52.9 Å². The summed E-state index contributed by atoms with van der Waals surface area (Å²) in [6, 6.07) is 0. The van der Waals surface area contributed by atoms with Crippen LogP contribution in [-0.4, -0.2) is 25.2 Å². The predicted molar refractivity (Wildman–Crippen MR) is 69.8 cm³/mol. The molecule has 0 amide bonds. The Bertz CT molecular complexity index is 253. The summed E-state index contributed by atoms with van der Waals surface area (Å²) in [5.41, 5.74) is -0.0283. The Kier molecular flexibility index (Phi) is 5.44. The van der Waals surface area contributed by atoms with E-state index in [4.69, 9.17) is 4.74 Å². The van der Waals surface area contributed by atoms with Crippen molar-refractivity contribution in [3.05, 3.63) is 0 Å². The first-order valence-corrected chi connectivity index (χ1v) is 6.87. The molecule has 1 N–H and O–H groups in total. The molecule has 0 aromatic heterocycles. The monoisotopic (exact) mass is 241 g/mol. The van der Waals surface area contributed by atoms with Crippen molar-refractivity contribution in [3.8, 4) is 0 Å². The summed E-state index contributed by atoms with van der Waals surface area (Å²) in [5.74, 6) is 1.36.